The number of rotatable bonds is 5. The van der Waals surface area contributed by atoms with Crippen LogP contribution in [0.4, 0.5) is 52.7 Å². The van der Waals surface area contributed by atoms with Gasteiger partial charge in [0.1, 0.15) is 0 Å². The molecule has 0 amide bonds. The summed E-state index contributed by atoms with van der Waals surface area (Å²) in [7, 11) is 1.86. The van der Waals surface area contributed by atoms with E-state index in [1.165, 1.54) is 5.56 Å². The fourth-order valence-corrected chi connectivity index (χ4v) is 4.39. The summed E-state index contributed by atoms with van der Waals surface area (Å²) < 4.78 is 133. The number of hydrogen-bond donors (Lipinski definition) is 4. The van der Waals surface area contributed by atoms with Crippen molar-refractivity contribution in [3.05, 3.63) is 60.2 Å². The summed E-state index contributed by atoms with van der Waals surface area (Å²) in [5.74, 6) is -10.5. The van der Waals surface area contributed by atoms with Crippen molar-refractivity contribution >= 4 is 23.9 Å². The molecule has 300 valence electrons. The van der Waals surface area contributed by atoms with Crippen molar-refractivity contribution in [3.63, 3.8) is 0 Å². The Balaban J connectivity index is 0.000000791. The number of carbonyl (C=O) groups is 4. The molecule has 2 aliphatic rings. The Kier molecular flexibility index (Phi) is 19.2. The zero-order valence-electron chi connectivity index (χ0n) is 26.7. The molecule has 4 rings (SSSR count). The Bertz CT molecular complexity index is 1330. The predicted molar refractivity (Wildman–Crippen MR) is 152 cm³/mol. The lowest BCUT2D eigenvalue weighted by Crippen LogP contribution is -2.50. The lowest BCUT2D eigenvalue weighted by molar-refractivity contribution is -0.193. The molecule has 0 saturated carbocycles. The highest BCUT2D eigenvalue weighted by atomic mass is 19.4. The van der Waals surface area contributed by atoms with E-state index in [2.05, 4.69) is 38.0 Å². The van der Waals surface area contributed by atoms with Crippen LogP contribution in [0.3, 0.4) is 0 Å². The molecule has 0 spiro atoms. The number of fused-ring (bicyclic) bond motifs is 1. The van der Waals surface area contributed by atoms with Gasteiger partial charge in [-0.3, -0.25) is 19.8 Å². The lowest BCUT2D eigenvalue weighted by Gasteiger charge is -2.41. The van der Waals surface area contributed by atoms with E-state index in [9.17, 15) is 52.7 Å². The van der Waals surface area contributed by atoms with Crippen LogP contribution >= 0.6 is 0 Å². The minimum absolute atomic E-state index is 0.365. The van der Waals surface area contributed by atoms with Gasteiger partial charge in [0.05, 0.1) is 11.8 Å². The van der Waals surface area contributed by atoms with Gasteiger partial charge in [-0.15, -0.1) is 0 Å². The first kappa shape index (κ1) is 48.2. The molecule has 0 radical (unpaired) electrons. The van der Waals surface area contributed by atoms with E-state index in [0.29, 0.717) is 18.1 Å². The number of carboxylic acid groups (broad SMARTS) is 4. The summed E-state index contributed by atoms with van der Waals surface area (Å²) in [6, 6.07) is 10.9. The number of pyridine rings is 2. The largest absolute Gasteiger partial charge is 0.490 e. The molecule has 13 nitrogen and oxygen atoms in total. The zero-order valence-corrected chi connectivity index (χ0v) is 26.7. The highest BCUT2D eigenvalue weighted by Gasteiger charge is 2.44. The topological polar surface area (TPSA) is 191 Å². The first-order chi connectivity index (χ1) is 24.1. The lowest BCUT2D eigenvalue weighted by atomic mass is 9.89. The van der Waals surface area contributed by atoms with Gasteiger partial charge in [-0.25, -0.2) is 19.2 Å². The van der Waals surface area contributed by atoms with Gasteiger partial charge in [-0.05, 0) is 30.2 Å². The monoisotopic (exact) mass is 794 g/mol. The normalized spacial score (nSPS) is 18.8. The summed E-state index contributed by atoms with van der Waals surface area (Å²) in [4.78, 5) is 49.5. The van der Waals surface area contributed by atoms with Gasteiger partial charge in [0, 0.05) is 70.4 Å². The molecule has 0 bridgehead atoms. The van der Waals surface area contributed by atoms with E-state index in [0.717, 1.165) is 44.8 Å². The van der Waals surface area contributed by atoms with Crippen LogP contribution in [0.2, 0.25) is 0 Å². The third-order valence-corrected chi connectivity index (χ3v) is 6.55. The minimum atomic E-state index is -5.08. The maximum Gasteiger partial charge on any atom is 0.490 e. The molecule has 2 aromatic heterocycles. The number of alkyl halides is 12. The average molecular weight is 795 g/mol. The summed E-state index contributed by atoms with van der Waals surface area (Å²) in [5.41, 5.74) is 2.44. The third kappa shape index (κ3) is 19.6. The Labute approximate surface area is 290 Å². The molecule has 0 unspecified atom stereocenters. The molecule has 3 atom stereocenters. The molecule has 53 heavy (non-hydrogen) atoms. The number of halogens is 12. The molecular formula is C28H30F12N4O9. The summed E-state index contributed by atoms with van der Waals surface area (Å²) in [6.45, 7) is 5.16. The Morgan fingerprint density at radius 2 is 1.19 bits per heavy atom. The van der Waals surface area contributed by atoms with Crippen molar-refractivity contribution in [1.82, 2.24) is 19.8 Å². The molecule has 0 aromatic carbocycles. The van der Waals surface area contributed by atoms with Crippen molar-refractivity contribution in [2.75, 3.05) is 26.7 Å². The molecule has 2 aliphatic heterocycles. The highest BCUT2D eigenvalue weighted by molar-refractivity contribution is 5.74. The van der Waals surface area contributed by atoms with E-state index < -0.39 is 48.6 Å². The van der Waals surface area contributed by atoms with Crippen LogP contribution in [0.25, 0.3) is 0 Å². The number of likely N-dealkylation sites (tertiary alicyclic amines) is 2. The van der Waals surface area contributed by atoms with Gasteiger partial charge in [-0.2, -0.15) is 52.7 Å². The fraction of sp³-hybridized carbons (Fsp3) is 0.500. The number of carboxylic acids is 4. The number of methoxy groups -OCH3 is 1. The van der Waals surface area contributed by atoms with Crippen LogP contribution in [-0.4, -0.2) is 128 Å². The van der Waals surface area contributed by atoms with E-state index in [1.807, 2.05) is 37.8 Å². The quantitative estimate of drug-likeness (QED) is 0.304. The average Bonchev–Trinajstić information content (AvgIpc) is 3.46. The van der Waals surface area contributed by atoms with E-state index in [1.54, 1.807) is 0 Å². The molecule has 2 saturated heterocycles. The Morgan fingerprint density at radius 3 is 1.55 bits per heavy atom. The standard InChI is InChI=1S/C20H26N4O.4C2HF3O2/c1-25-20-7-10-24(13-17-6-2-3-9-22-17)19-15-23(14-18(19)20)12-16-5-4-8-21-11-16;4*3-2(4,5)1(6)7/h2-6,8-9,11,18-20H,7,10,12-15H2,1H3;4*(H,6,7)/t18-,19+,20+;;;;/m0..../s1. The van der Waals surface area contributed by atoms with E-state index in [4.69, 9.17) is 44.3 Å². The second kappa shape index (κ2) is 21.1. The molecule has 2 aromatic rings. The van der Waals surface area contributed by atoms with Gasteiger partial charge in [-0.1, -0.05) is 12.1 Å². The molecule has 4 N–H and O–H groups in total. The van der Waals surface area contributed by atoms with Crippen molar-refractivity contribution in [2.24, 2.45) is 5.92 Å². The van der Waals surface area contributed by atoms with Crippen LogP contribution < -0.4 is 0 Å². The molecule has 4 heterocycles. The number of ether oxygens (including phenoxy) is 1. The third-order valence-electron chi connectivity index (χ3n) is 6.55. The van der Waals surface area contributed by atoms with Crippen LogP contribution in [0, 0.1) is 5.92 Å². The van der Waals surface area contributed by atoms with Gasteiger partial charge in [0.2, 0.25) is 0 Å². The maximum absolute atomic E-state index is 10.6. The van der Waals surface area contributed by atoms with Gasteiger partial charge < -0.3 is 25.2 Å². The van der Waals surface area contributed by atoms with E-state index >= 15 is 0 Å². The van der Waals surface area contributed by atoms with Crippen molar-refractivity contribution < 1.29 is 97.0 Å². The Morgan fingerprint density at radius 1 is 0.717 bits per heavy atom. The minimum Gasteiger partial charge on any atom is -0.475 e. The summed E-state index contributed by atoms with van der Waals surface area (Å²) in [5, 5.41) is 28.5. The Hall–Kier alpha value is -4.78. The second-order valence-corrected chi connectivity index (χ2v) is 10.4. The predicted octanol–water partition coefficient (Wildman–Crippen LogP) is 4.73. The van der Waals surface area contributed by atoms with Crippen molar-refractivity contribution in [3.8, 4) is 0 Å². The van der Waals surface area contributed by atoms with Crippen LogP contribution in [0.15, 0.2) is 48.9 Å². The first-order valence-corrected chi connectivity index (χ1v) is 14.1. The number of aliphatic carboxylic acids is 4. The summed E-state index contributed by atoms with van der Waals surface area (Å²) in [6.07, 6.45) is -13.2. The number of aromatic nitrogens is 2. The maximum atomic E-state index is 10.6. The van der Waals surface area contributed by atoms with Crippen molar-refractivity contribution in [2.45, 2.75) is 56.4 Å². The van der Waals surface area contributed by atoms with Gasteiger partial charge in [0.15, 0.2) is 0 Å². The first-order valence-electron chi connectivity index (χ1n) is 14.1. The second-order valence-electron chi connectivity index (χ2n) is 10.4. The number of piperidine rings is 1. The highest BCUT2D eigenvalue weighted by Crippen LogP contribution is 2.34. The van der Waals surface area contributed by atoms with E-state index in [-0.39, 0.29) is 0 Å². The van der Waals surface area contributed by atoms with Crippen LogP contribution in [0.5, 0.6) is 0 Å². The van der Waals surface area contributed by atoms with Crippen LogP contribution in [-0.2, 0) is 37.0 Å². The number of hydrogen-bond acceptors (Lipinski definition) is 9. The zero-order chi connectivity index (χ0) is 41.4. The van der Waals surface area contributed by atoms with Crippen LogP contribution in [0.1, 0.15) is 17.7 Å². The van der Waals surface area contributed by atoms with Crippen molar-refractivity contribution in [1.29, 1.82) is 0 Å². The molecule has 25 heteroatoms. The number of nitrogens with zero attached hydrogens (tertiary/aromatic N) is 4. The van der Waals surface area contributed by atoms with Gasteiger partial charge in [0.25, 0.3) is 0 Å². The fourth-order valence-electron chi connectivity index (χ4n) is 4.39. The molecule has 2 fully saturated rings. The SMILES string of the molecule is CO[C@@H]1CCN(Cc2ccccn2)[C@@H]2CN(Cc3cccnc3)C[C@@H]21.O=C(O)C(F)(F)F.O=C(O)C(F)(F)F.O=C(O)C(F)(F)F.O=C(O)C(F)(F)F. The molecular weight excluding hydrogens is 764 g/mol. The summed E-state index contributed by atoms with van der Waals surface area (Å²) >= 11 is 0. The molecule has 0 aliphatic carbocycles. The van der Waals surface area contributed by atoms with Gasteiger partial charge >= 0.3 is 48.6 Å². The smallest absolute Gasteiger partial charge is 0.475 e.